The third-order valence-corrected chi connectivity index (χ3v) is 8.02. The molecule has 0 saturated heterocycles. The van der Waals surface area contributed by atoms with E-state index in [-0.39, 0.29) is 42.5 Å². The van der Waals surface area contributed by atoms with Crippen LogP contribution in [0.25, 0.3) is 0 Å². The van der Waals surface area contributed by atoms with E-state index >= 15 is 0 Å². The number of carbonyl (C=O) groups excluding carboxylic acids is 3. The van der Waals surface area contributed by atoms with Crippen molar-refractivity contribution in [2.24, 2.45) is 5.92 Å². The van der Waals surface area contributed by atoms with Crippen LogP contribution >= 0.6 is 0 Å². The van der Waals surface area contributed by atoms with Gasteiger partial charge in [0.05, 0.1) is 23.6 Å². The summed E-state index contributed by atoms with van der Waals surface area (Å²) in [6.07, 6.45) is 4.59. The second-order valence-corrected chi connectivity index (χ2v) is 10.5. The fraction of sp³-hybridized carbons (Fsp3) is 0.312. The van der Waals surface area contributed by atoms with Crippen molar-refractivity contribution < 1.29 is 24.3 Å². The standard InChI is InChI=1S/C32H32N2O5/c1-20-22(17-18-28(35)36)9-6-12-27(20)33-30(37)29(23-7-2-3-8-23)24-15-13-21(14-16-24)19-34-31(38)25-10-4-5-11-26(25)32(34)39/h4-6,9-16,23,29H,2-3,7-8,17-19H2,1H3,(H,33,37)(H,35,36). The number of anilines is 1. The molecule has 39 heavy (non-hydrogen) atoms. The molecule has 2 N–H and O–H groups in total. The topological polar surface area (TPSA) is 104 Å². The second-order valence-electron chi connectivity index (χ2n) is 10.5. The van der Waals surface area contributed by atoms with Gasteiger partial charge in [0.1, 0.15) is 0 Å². The highest BCUT2D eigenvalue weighted by atomic mass is 16.4. The quantitative estimate of drug-likeness (QED) is 0.349. The number of carboxylic acids is 1. The van der Waals surface area contributed by atoms with Crippen molar-refractivity contribution in [1.29, 1.82) is 0 Å². The Balaban J connectivity index is 1.34. The Labute approximate surface area is 227 Å². The molecule has 2 aliphatic rings. The summed E-state index contributed by atoms with van der Waals surface area (Å²) in [5.41, 5.74) is 5.08. The van der Waals surface area contributed by atoms with Crippen molar-refractivity contribution in [3.05, 3.63) is 100 Å². The number of hydrogen-bond donors (Lipinski definition) is 2. The molecule has 1 heterocycles. The maximum atomic E-state index is 13.7. The van der Waals surface area contributed by atoms with Crippen LogP contribution < -0.4 is 5.32 Å². The minimum absolute atomic E-state index is 0.0377. The summed E-state index contributed by atoms with van der Waals surface area (Å²) in [5.74, 6) is -1.61. The van der Waals surface area contributed by atoms with E-state index in [0.29, 0.717) is 23.2 Å². The number of aryl methyl sites for hydroxylation is 1. The second kappa shape index (κ2) is 11.2. The molecule has 0 aromatic heterocycles. The molecule has 1 unspecified atom stereocenters. The van der Waals surface area contributed by atoms with Crippen LogP contribution in [-0.2, 0) is 22.6 Å². The van der Waals surface area contributed by atoms with Crippen LogP contribution in [-0.4, -0.2) is 33.7 Å². The Hall–Kier alpha value is -4.26. The van der Waals surface area contributed by atoms with Gasteiger partial charge in [-0.25, -0.2) is 0 Å². The molecule has 0 radical (unpaired) electrons. The third kappa shape index (κ3) is 5.48. The Bertz CT molecular complexity index is 1390. The molecule has 0 spiro atoms. The number of carbonyl (C=O) groups is 4. The molecule has 3 aromatic carbocycles. The summed E-state index contributed by atoms with van der Waals surface area (Å²) in [6, 6.07) is 20.1. The predicted molar refractivity (Wildman–Crippen MR) is 148 cm³/mol. The number of nitrogens with one attached hydrogen (secondary N) is 1. The first kappa shape index (κ1) is 26.4. The van der Waals surface area contributed by atoms with Crippen LogP contribution in [0.3, 0.4) is 0 Å². The van der Waals surface area contributed by atoms with Crippen LogP contribution in [0.5, 0.6) is 0 Å². The molecular formula is C32H32N2O5. The first-order valence-corrected chi connectivity index (χ1v) is 13.5. The Morgan fingerprint density at radius 1 is 0.923 bits per heavy atom. The van der Waals surface area contributed by atoms with Gasteiger partial charge in [-0.2, -0.15) is 0 Å². The number of amides is 3. The van der Waals surface area contributed by atoms with E-state index in [9.17, 15) is 19.2 Å². The van der Waals surface area contributed by atoms with Gasteiger partial charge >= 0.3 is 5.97 Å². The molecule has 5 rings (SSSR count). The number of imide groups is 1. The zero-order chi connectivity index (χ0) is 27.5. The lowest BCUT2D eigenvalue weighted by Crippen LogP contribution is -2.29. The number of nitrogens with zero attached hydrogens (tertiary/aromatic N) is 1. The largest absolute Gasteiger partial charge is 0.481 e. The maximum Gasteiger partial charge on any atom is 0.303 e. The van der Waals surface area contributed by atoms with Gasteiger partial charge in [0.25, 0.3) is 11.8 Å². The lowest BCUT2D eigenvalue weighted by atomic mass is 9.83. The first-order valence-electron chi connectivity index (χ1n) is 13.5. The number of fused-ring (bicyclic) bond motifs is 1. The van der Waals surface area contributed by atoms with E-state index in [0.717, 1.165) is 47.9 Å². The minimum Gasteiger partial charge on any atom is -0.481 e. The van der Waals surface area contributed by atoms with Crippen LogP contribution in [0.15, 0.2) is 66.7 Å². The molecule has 1 atom stereocenters. The summed E-state index contributed by atoms with van der Waals surface area (Å²) in [7, 11) is 0. The van der Waals surface area contributed by atoms with Crippen LogP contribution in [0.4, 0.5) is 5.69 Å². The van der Waals surface area contributed by atoms with Crippen molar-refractivity contribution in [2.45, 2.75) is 57.9 Å². The molecule has 3 aromatic rings. The summed E-state index contributed by atoms with van der Waals surface area (Å²) in [6.45, 7) is 2.08. The summed E-state index contributed by atoms with van der Waals surface area (Å²) in [4.78, 5) is 51.6. The smallest absolute Gasteiger partial charge is 0.303 e. The molecule has 1 fully saturated rings. The zero-order valence-corrected chi connectivity index (χ0v) is 22.0. The number of benzene rings is 3. The Morgan fingerprint density at radius 2 is 1.56 bits per heavy atom. The normalized spacial score (nSPS) is 15.9. The monoisotopic (exact) mass is 524 g/mol. The molecule has 0 bridgehead atoms. The summed E-state index contributed by atoms with van der Waals surface area (Å²) >= 11 is 0. The molecular weight excluding hydrogens is 492 g/mol. The van der Waals surface area contributed by atoms with E-state index in [4.69, 9.17) is 5.11 Å². The molecule has 1 saturated carbocycles. The van der Waals surface area contributed by atoms with Gasteiger partial charge in [-0.15, -0.1) is 0 Å². The average molecular weight is 525 g/mol. The van der Waals surface area contributed by atoms with Gasteiger partial charge in [-0.3, -0.25) is 24.1 Å². The van der Waals surface area contributed by atoms with Crippen molar-refractivity contribution in [3.63, 3.8) is 0 Å². The molecule has 7 heteroatoms. The van der Waals surface area contributed by atoms with Crippen LogP contribution in [0, 0.1) is 12.8 Å². The van der Waals surface area contributed by atoms with E-state index in [2.05, 4.69) is 5.32 Å². The van der Waals surface area contributed by atoms with Crippen LogP contribution in [0.2, 0.25) is 0 Å². The predicted octanol–water partition coefficient (Wildman–Crippen LogP) is 5.72. The van der Waals surface area contributed by atoms with Crippen molar-refractivity contribution in [3.8, 4) is 0 Å². The van der Waals surface area contributed by atoms with Gasteiger partial charge in [0.15, 0.2) is 0 Å². The number of carboxylic acid groups (broad SMARTS) is 1. The van der Waals surface area contributed by atoms with E-state index in [1.165, 1.54) is 4.90 Å². The summed E-state index contributed by atoms with van der Waals surface area (Å²) < 4.78 is 0. The van der Waals surface area contributed by atoms with Gasteiger partial charge in [0.2, 0.25) is 5.91 Å². The highest BCUT2D eigenvalue weighted by Crippen LogP contribution is 2.39. The van der Waals surface area contributed by atoms with Crippen molar-refractivity contribution >= 4 is 29.4 Å². The number of aliphatic carboxylic acids is 1. The fourth-order valence-electron chi connectivity index (χ4n) is 5.87. The molecule has 200 valence electrons. The Kier molecular flexibility index (Phi) is 7.59. The minimum atomic E-state index is -0.850. The van der Waals surface area contributed by atoms with Gasteiger partial charge in [-0.1, -0.05) is 61.4 Å². The number of rotatable bonds is 9. The van der Waals surface area contributed by atoms with Gasteiger partial charge in [-0.05, 0) is 72.6 Å². The van der Waals surface area contributed by atoms with Crippen molar-refractivity contribution in [1.82, 2.24) is 4.90 Å². The van der Waals surface area contributed by atoms with E-state index in [1.54, 1.807) is 24.3 Å². The van der Waals surface area contributed by atoms with E-state index < -0.39 is 5.97 Å². The lowest BCUT2D eigenvalue weighted by molar-refractivity contribution is -0.137. The molecule has 1 aliphatic heterocycles. The summed E-state index contributed by atoms with van der Waals surface area (Å²) in [5, 5.41) is 12.2. The number of hydrogen-bond acceptors (Lipinski definition) is 4. The highest BCUT2D eigenvalue weighted by molar-refractivity contribution is 6.21. The Morgan fingerprint density at radius 3 is 2.18 bits per heavy atom. The zero-order valence-electron chi connectivity index (χ0n) is 22.0. The molecule has 7 nitrogen and oxygen atoms in total. The van der Waals surface area contributed by atoms with Gasteiger partial charge in [0, 0.05) is 12.1 Å². The first-order chi connectivity index (χ1) is 18.8. The lowest BCUT2D eigenvalue weighted by Gasteiger charge is -2.24. The average Bonchev–Trinajstić information content (AvgIpc) is 3.54. The van der Waals surface area contributed by atoms with E-state index in [1.807, 2.05) is 49.4 Å². The third-order valence-electron chi connectivity index (χ3n) is 8.02. The molecule has 3 amide bonds. The van der Waals surface area contributed by atoms with Crippen LogP contribution in [0.1, 0.15) is 81.0 Å². The van der Waals surface area contributed by atoms with Gasteiger partial charge < -0.3 is 10.4 Å². The van der Waals surface area contributed by atoms with Crippen molar-refractivity contribution in [2.75, 3.05) is 5.32 Å². The fourth-order valence-corrected chi connectivity index (χ4v) is 5.87. The highest BCUT2D eigenvalue weighted by Gasteiger charge is 2.35. The molecule has 1 aliphatic carbocycles. The maximum absolute atomic E-state index is 13.7. The SMILES string of the molecule is Cc1c(CCC(=O)O)cccc1NC(=O)C(c1ccc(CN2C(=O)c3ccccc3C2=O)cc1)C1CCCC1.